The van der Waals surface area contributed by atoms with Crippen LogP contribution in [0.2, 0.25) is 0 Å². The zero-order chi connectivity index (χ0) is 16.6. The van der Waals surface area contributed by atoms with Crippen molar-refractivity contribution in [3.05, 3.63) is 26.4 Å². The zero-order valence-corrected chi connectivity index (χ0v) is 14.5. The van der Waals surface area contributed by atoms with E-state index < -0.39 is 17.0 Å². The molecule has 0 bridgehead atoms. The number of anilines is 1. The van der Waals surface area contributed by atoms with Gasteiger partial charge < -0.3 is 5.73 Å². The maximum Gasteiger partial charge on any atom is 0.330 e. The summed E-state index contributed by atoms with van der Waals surface area (Å²) in [6, 6.07) is -0.0224. The van der Waals surface area contributed by atoms with Crippen LogP contribution in [0.5, 0.6) is 0 Å². The quantitative estimate of drug-likeness (QED) is 0.569. The van der Waals surface area contributed by atoms with Gasteiger partial charge in [0, 0.05) is 6.04 Å². The maximum absolute atomic E-state index is 12.4. The minimum Gasteiger partial charge on any atom is -0.384 e. The average molecular weight is 371 g/mol. The molecule has 1 aliphatic carbocycles. The van der Waals surface area contributed by atoms with Crippen LogP contribution in [0, 0.1) is 0 Å². The number of nitrogen functional groups attached to an aromatic ring is 1. The van der Waals surface area contributed by atoms with Crippen LogP contribution >= 0.6 is 34.9 Å². The van der Waals surface area contributed by atoms with Crippen molar-refractivity contribution >= 4 is 46.5 Å². The van der Waals surface area contributed by atoms with Gasteiger partial charge in [-0.1, -0.05) is 34.9 Å². The van der Waals surface area contributed by atoms with Gasteiger partial charge >= 0.3 is 5.69 Å². The molecule has 0 unspecified atom stereocenters. The molecule has 2 aromatic heterocycles. The molecule has 2 heterocycles. The minimum absolute atomic E-state index is 0.0131. The second kappa shape index (κ2) is 6.49. The molecule has 0 aliphatic heterocycles. The lowest BCUT2D eigenvalue weighted by atomic mass is 10.2. The Balaban J connectivity index is 1.83. The molecule has 23 heavy (non-hydrogen) atoms. The van der Waals surface area contributed by atoms with Gasteiger partial charge in [0.1, 0.15) is 11.4 Å². The van der Waals surface area contributed by atoms with Gasteiger partial charge in [-0.25, -0.2) is 4.79 Å². The Labute approximate surface area is 142 Å². The molecule has 3 rings (SSSR count). The molecule has 122 valence electrons. The SMILES string of the molecule is CSc1nnc(SCC(=O)c2c(N)n(C3CC3)c(=O)[nH]c2=O)s1. The van der Waals surface area contributed by atoms with E-state index in [2.05, 4.69) is 15.2 Å². The van der Waals surface area contributed by atoms with Crippen LogP contribution in [-0.2, 0) is 0 Å². The predicted molar refractivity (Wildman–Crippen MR) is 90.8 cm³/mol. The van der Waals surface area contributed by atoms with E-state index in [-0.39, 0.29) is 23.2 Å². The third-order valence-electron chi connectivity index (χ3n) is 3.26. The van der Waals surface area contributed by atoms with Gasteiger partial charge in [0.15, 0.2) is 14.5 Å². The standard InChI is InChI=1S/C12H13N5O3S3/c1-21-11-15-16-12(23-11)22-4-6(18)7-8(13)17(5-2-3-5)10(20)14-9(7)19/h5H,2-4,13H2,1H3,(H,14,19,20). The highest BCUT2D eigenvalue weighted by Crippen LogP contribution is 2.35. The number of carbonyl (C=O) groups is 1. The predicted octanol–water partition coefficient (Wildman–Crippen LogP) is 1.00. The summed E-state index contributed by atoms with van der Waals surface area (Å²) >= 11 is 4.05. The third kappa shape index (κ3) is 3.35. The first kappa shape index (κ1) is 16.3. The van der Waals surface area contributed by atoms with E-state index in [9.17, 15) is 14.4 Å². The second-order valence-corrected chi connectivity index (χ2v) is 8.12. The lowest BCUT2D eigenvalue weighted by molar-refractivity contribution is 0.102. The summed E-state index contributed by atoms with van der Waals surface area (Å²) in [5, 5.41) is 7.89. The van der Waals surface area contributed by atoms with Crippen molar-refractivity contribution in [3.63, 3.8) is 0 Å². The van der Waals surface area contributed by atoms with Gasteiger partial charge in [-0.05, 0) is 19.1 Å². The molecule has 1 aliphatic rings. The number of nitrogens with zero attached hydrogens (tertiary/aromatic N) is 3. The number of nitrogens with two attached hydrogens (primary N) is 1. The highest BCUT2D eigenvalue weighted by atomic mass is 32.2. The molecule has 1 saturated carbocycles. The molecular formula is C12H13N5O3S3. The van der Waals surface area contributed by atoms with E-state index in [0.717, 1.165) is 17.2 Å². The largest absolute Gasteiger partial charge is 0.384 e. The molecule has 1 fully saturated rings. The maximum atomic E-state index is 12.4. The van der Waals surface area contributed by atoms with E-state index in [1.165, 1.54) is 39.4 Å². The van der Waals surface area contributed by atoms with E-state index in [1.807, 2.05) is 6.26 Å². The third-order valence-corrected chi connectivity index (χ3v) is 6.29. The Kier molecular flexibility index (Phi) is 4.60. The molecule has 0 saturated heterocycles. The Morgan fingerprint density at radius 3 is 2.70 bits per heavy atom. The molecule has 3 N–H and O–H groups in total. The molecule has 0 radical (unpaired) electrons. The number of hydrogen-bond donors (Lipinski definition) is 2. The fourth-order valence-electron chi connectivity index (χ4n) is 2.07. The number of hydrogen-bond acceptors (Lipinski definition) is 9. The number of aromatic amines is 1. The molecule has 0 aromatic carbocycles. The summed E-state index contributed by atoms with van der Waals surface area (Å²) in [5.74, 6) is -0.461. The fraction of sp³-hybridized carbons (Fsp3) is 0.417. The van der Waals surface area contributed by atoms with Gasteiger partial charge in [-0.15, -0.1) is 10.2 Å². The van der Waals surface area contributed by atoms with Crippen molar-refractivity contribution in [2.45, 2.75) is 27.6 Å². The first-order valence-corrected chi connectivity index (χ1v) is 9.71. The smallest absolute Gasteiger partial charge is 0.330 e. The number of thioether (sulfide) groups is 2. The first-order chi connectivity index (χ1) is 11.0. The van der Waals surface area contributed by atoms with E-state index in [4.69, 9.17) is 5.73 Å². The van der Waals surface area contributed by atoms with Crippen LogP contribution in [0.15, 0.2) is 18.3 Å². The fourth-order valence-corrected chi connectivity index (χ4v) is 4.38. The lowest BCUT2D eigenvalue weighted by Gasteiger charge is -2.10. The van der Waals surface area contributed by atoms with Crippen LogP contribution in [0.25, 0.3) is 0 Å². The summed E-state index contributed by atoms with van der Waals surface area (Å²) in [5.41, 5.74) is 4.45. The number of H-pyrrole nitrogens is 1. The summed E-state index contributed by atoms with van der Waals surface area (Å²) in [6.45, 7) is 0. The monoisotopic (exact) mass is 371 g/mol. The van der Waals surface area contributed by atoms with Crippen LogP contribution in [0.3, 0.4) is 0 Å². The number of aromatic nitrogens is 4. The van der Waals surface area contributed by atoms with Crippen LogP contribution in [0.1, 0.15) is 29.2 Å². The Bertz CT molecular complexity index is 868. The average Bonchev–Trinajstić information content (AvgIpc) is 3.21. The lowest BCUT2D eigenvalue weighted by Crippen LogP contribution is -2.36. The van der Waals surface area contributed by atoms with Crippen LogP contribution in [-0.4, -0.2) is 37.5 Å². The zero-order valence-electron chi connectivity index (χ0n) is 12.1. The number of nitrogens with one attached hydrogen (secondary N) is 1. The van der Waals surface area contributed by atoms with E-state index in [1.54, 1.807) is 0 Å². The molecule has 0 spiro atoms. The van der Waals surface area contributed by atoms with Gasteiger partial charge in [0.2, 0.25) is 0 Å². The Hall–Kier alpha value is -1.59. The first-order valence-electron chi connectivity index (χ1n) is 6.69. The molecule has 11 heteroatoms. The van der Waals surface area contributed by atoms with Crippen molar-refractivity contribution in [2.24, 2.45) is 0 Å². The molecule has 0 atom stereocenters. The molecule has 8 nitrogen and oxygen atoms in total. The van der Waals surface area contributed by atoms with Crippen LogP contribution < -0.4 is 17.0 Å². The summed E-state index contributed by atoms with van der Waals surface area (Å²) in [7, 11) is 0. The van der Waals surface area contributed by atoms with Crippen molar-refractivity contribution < 1.29 is 4.79 Å². The molecular weight excluding hydrogens is 358 g/mol. The van der Waals surface area contributed by atoms with Crippen molar-refractivity contribution in [2.75, 3.05) is 17.7 Å². The van der Waals surface area contributed by atoms with Gasteiger partial charge in [0.25, 0.3) is 5.56 Å². The minimum atomic E-state index is -0.739. The van der Waals surface area contributed by atoms with E-state index in [0.29, 0.717) is 4.34 Å². The topological polar surface area (TPSA) is 124 Å². The number of carbonyl (C=O) groups excluding carboxylic acids is 1. The summed E-state index contributed by atoms with van der Waals surface area (Å²) in [6.07, 6.45) is 3.53. The van der Waals surface area contributed by atoms with Crippen molar-refractivity contribution in [3.8, 4) is 0 Å². The van der Waals surface area contributed by atoms with Crippen molar-refractivity contribution in [1.29, 1.82) is 0 Å². The molecule has 2 aromatic rings. The Morgan fingerprint density at radius 1 is 1.39 bits per heavy atom. The van der Waals surface area contributed by atoms with Gasteiger partial charge in [-0.2, -0.15) is 0 Å². The van der Waals surface area contributed by atoms with Gasteiger partial charge in [0.05, 0.1) is 5.75 Å². The number of Topliss-reactive ketones (excluding diaryl/α,β-unsaturated/α-hetero) is 1. The van der Waals surface area contributed by atoms with Gasteiger partial charge in [-0.3, -0.25) is 19.1 Å². The number of rotatable bonds is 6. The summed E-state index contributed by atoms with van der Waals surface area (Å²) in [4.78, 5) is 38.3. The van der Waals surface area contributed by atoms with Crippen molar-refractivity contribution in [1.82, 2.24) is 19.7 Å². The number of ketones is 1. The van der Waals surface area contributed by atoms with E-state index >= 15 is 0 Å². The molecule has 0 amide bonds. The Morgan fingerprint density at radius 2 is 2.09 bits per heavy atom. The van der Waals surface area contributed by atoms with Crippen LogP contribution in [0.4, 0.5) is 5.82 Å². The summed E-state index contributed by atoms with van der Waals surface area (Å²) < 4.78 is 2.75. The highest BCUT2D eigenvalue weighted by Gasteiger charge is 2.30. The highest BCUT2D eigenvalue weighted by molar-refractivity contribution is 8.03. The second-order valence-electron chi connectivity index (χ2n) is 4.87. The normalized spacial score (nSPS) is 14.1.